The number of anilines is 1. The second-order valence-electron chi connectivity index (χ2n) is 7.49. The zero-order chi connectivity index (χ0) is 20.4. The van der Waals surface area contributed by atoms with Gasteiger partial charge in [-0.3, -0.25) is 4.79 Å². The summed E-state index contributed by atoms with van der Waals surface area (Å²) in [4.78, 5) is 29.6. The fourth-order valence-electron chi connectivity index (χ4n) is 4.05. The third kappa shape index (κ3) is 4.16. The molecular formula is C22H24BrN3O2S. The molecule has 2 aliphatic rings. The summed E-state index contributed by atoms with van der Waals surface area (Å²) in [6.45, 7) is 4.03. The zero-order valence-corrected chi connectivity index (χ0v) is 18.8. The highest BCUT2D eigenvalue weighted by Gasteiger charge is 2.47. The zero-order valence-electron chi connectivity index (χ0n) is 16.4. The molecule has 152 valence electrons. The highest BCUT2D eigenvalue weighted by atomic mass is 79.9. The quantitative estimate of drug-likeness (QED) is 0.669. The molecular weight excluding hydrogens is 450 g/mol. The van der Waals surface area contributed by atoms with Crippen molar-refractivity contribution in [3.05, 3.63) is 64.1 Å². The molecule has 0 aromatic heterocycles. The number of carbonyl (C=O) groups is 2. The summed E-state index contributed by atoms with van der Waals surface area (Å²) in [5, 5.41) is 3.02. The Morgan fingerprint density at radius 3 is 2.55 bits per heavy atom. The number of nitrogens with one attached hydrogen (secondary N) is 1. The molecule has 0 bridgehead atoms. The molecule has 4 rings (SSSR count). The standard InChI is InChI=1S/C22H24BrN3O2S/c1-16-5-2-3-8-19(16)24-21(28)25-11-9-22(10-12-25)26(13-14-29-22)20(27)17-6-4-7-18(23)15-17/h2-8,15H,9-14H2,1H3,(H,24,28). The molecule has 2 heterocycles. The van der Waals surface area contributed by atoms with Crippen LogP contribution in [0.4, 0.5) is 10.5 Å². The topological polar surface area (TPSA) is 52.7 Å². The van der Waals surface area contributed by atoms with Crippen LogP contribution in [0, 0.1) is 6.92 Å². The molecule has 2 fully saturated rings. The summed E-state index contributed by atoms with van der Waals surface area (Å²) >= 11 is 5.31. The van der Waals surface area contributed by atoms with Crippen LogP contribution >= 0.6 is 27.7 Å². The highest BCUT2D eigenvalue weighted by Crippen LogP contribution is 2.44. The first-order valence-corrected chi connectivity index (χ1v) is 11.6. The Labute approximate surface area is 184 Å². The van der Waals surface area contributed by atoms with Crippen molar-refractivity contribution < 1.29 is 9.59 Å². The van der Waals surface area contributed by atoms with Crippen molar-refractivity contribution in [3.63, 3.8) is 0 Å². The number of benzene rings is 2. The Kier molecular flexibility index (Phi) is 5.88. The van der Waals surface area contributed by atoms with Crippen molar-refractivity contribution in [2.45, 2.75) is 24.6 Å². The van der Waals surface area contributed by atoms with Crippen LogP contribution in [0.2, 0.25) is 0 Å². The van der Waals surface area contributed by atoms with E-state index in [9.17, 15) is 9.59 Å². The molecule has 0 saturated carbocycles. The summed E-state index contributed by atoms with van der Waals surface area (Å²) in [7, 11) is 0. The molecule has 5 nitrogen and oxygen atoms in total. The average molecular weight is 474 g/mol. The summed E-state index contributed by atoms with van der Waals surface area (Å²) in [5.74, 6) is 1.02. The molecule has 2 aliphatic heterocycles. The van der Waals surface area contributed by atoms with Gasteiger partial charge in [-0.15, -0.1) is 11.8 Å². The number of amides is 3. The van der Waals surface area contributed by atoms with E-state index in [1.54, 1.807) is 0 Å². The normalized spacial score (nSPS) is 18.1. The molecule has 2 saturated heterocycles. The van der Waals surface area contributed by atoms with Gasteiger partial charge in [0.2, 0.25) is 0 Å². The largest absolute Gasteiger partial charge is 0.324 e. The van der Waals surface area contributed by atoms with E-state index in [1.807, 2.05) is 77.0 Å². The SMILES string of the molecule is Cc1ccccc1NC(=O)N1CCC2(CC1)SCCN2C(=O)c1cccc(Br)c1. The van der Waals surface area contributed by atoms with Gasteiger partial charge >= 0.3 is 6.03 Å². The second-order valence-corrected chi connectivity index (χ2v) is 9.87. The number of hydrogen-bond acceptors (Lipinski definition) is 3. The van der Waals surface area contributed by atoms with E-state index in [4.69, 9.17) is 0 Å². The number of piperidine rings is 1. The number of likely N-dealkylation sites (tertiary alicyclic amines) is 1. The molecule has 29 heavy (non-hydrogen) atoms. The molecule has 3 amide bonds. The molecule has 2 aromatic rings. The first-order valence-electron chi connectivity index (χ1n) is 9.82. The molecule has 0 radical (unpaired) electrons. The Bertz CT molecular complexity index is 928. The fraction of sp³-hybridized carbons (Fsp3) is 0.364. The summed E-state index contributed by atoms with van der Waals surface area (Å²) in [6, 6.07) is 15.3. The van der Waals surface area contributed by atoms with Crippen LogP contribution in [0.5, 0.6) is 0 Å². The Morgan fingerprint density at radius 2 is 1.83 bits per heavy atom. The number of thioether (sulfide) groups is 1. The van der Waals surface area contributed by atoms with E-state index >= 15 is 0 Å². The fourth-order valence-corrected chi connectivity index (χ4v) is 5.91. The molecule has 0 atom stereocenters. The molecule has 2 aromatic carbocycles. The second kappa shape index (κ2) is 8.40. The monoisotopic (exact) mass is 473 g/mol. The lowest BCUT2D eigenvalue weighted by Gasteiger charge is -2.44. The van der Waals surface area contributed by atoms with E-state index in [1.165, 1.54) is 0 Å². The minimum Gasteiger partial charge on any atom is -0.324 e. The molecule has 0 aliphatic carbocycles. The third-order valence-electron chi connectivity index (χ3n) is 5.71. The lowest BCUT2D eigenvalue weighted by Crippen LogP contribution is -2.54. The summed E-state index contributed by atoms with van der Waals surface area (Å²) < 4.78 is 0.909. The van der Waals surface area contributed by atoms with Gasteiger partial charge in [0.05, 0.1) is 4.87 Å². The van der Waals surface area contributed by atoms with Gasteiger partial charge in [0, 0.05) is 41.1 Å². The number of carbonyl (C=O) groups excluding carboxylic acids is 2. The van der Waals surface area contributed by atoms with E-state index in [0.717, 1.165) is 40.9 Å². The number of nitrogens with zero attached hydrogens (tertiary/aromatic N) is 2. The molecule has 1 spiro atoms. The van der Waals surface area contributed by atoms with Crippen molar-refractivity contribution in [1.29, 1.82) is 0 Å². The van der Waals surface area contributed by atoms with Crippen LogP contribution in [0.3, 0.4) is 0 Å². The van der Waals surface area contributed by atoms with Gasteiger partial charge in [-0.25, -0.2) is 4.79 Å². The minimum atomic E-state index is -0.209. The van der Waals surface area contributed by atoms with Crippen molar-refractivity contribution >= 4 is 45.3 Å². The molecule has 7 heteroatoms. The summed E-state index contributed by atoms with van der Waals surface area (Å²) in [6.07, 6.45) is 1.58. The van der Waals surface area contributed by atoms with Crippen LogP contribution in [0.1, 0.15) is 28.8 Å². The van der Waals surface area contributed by atoms with Gasteiger partial charge in [0.15, 0.2) is 0 Å². The van der Waals surface area contributed by atoms with Crippen molar-refractivity contribution in [3.8, 4) is 0 Å². The van der Waals surface area contributed by atoms with Crippen molar-refractivity contribution in [2.75, 3.05) is 30.7 Å². The Balaban J connectivity index is 1.43. The van der Waals surface area contributed by atoms with Crippen LogP contribution < -0.4 is 5.32 Å². The predicted molar refractivity (Wildman–Crippen MR) is 121 cm³/mol. The highest BCUT2D eigenvalue weighted by molar-refractivity contribution is 9.10. The van der Waals surface area contributed by atoms with Crippen LogP contribution in [0.25, 0.3) is 0 Å². The lowest BCUT2D eigenvalue weighted by atomic mass is 10.0. The molecule has 1 N–H and O–H groups in total. The number of halogens is 1. The van der Waals surface area contributed by atoms with Gasteiger partial charge in [-0.05, 0) is 49.6 Å². The maximum absolute atomic E-state index is 13.2. The van der Waals surface area contributed by atoms with Crippen LogP contribution in [-0.4, -0.2) is 52.0 Å². The van der Waals surface area contributed by atoms with Crippen LogP contribution in [0.15, 0.2) is 53.0 Å². The summed E-state index contributed by atoms with van der Waals surface area (Å²) in [5.41, 5.74) is 2.60. The third-order valence-corrected chi connectivity index (χ3v) is 7.76. The van der Waals surface area contributed by atoms with Crippen molar-refractivity contribution in [2.24, 2.45) is 0 Å². The van der Waals surface area contributed by atoms with Crippen molar-refractivity contribution in [1.82, 2.24) is 9.80 Å². The number of hydrogen-bond donors (Lipinski definition) is 1. The number of rotatable bonds is 2. The van der Waals surface area contributed by atoms with E-state index in [0.29, 0.717) is 18.7 Å². The van der Waals surface area contributed by atoms with Gasteiger partial charge in [-0.1, -0.05) is 40.2 Å². The van der Waals surface area contributed by atoms with Gasteiger partial charge in [-0.2, -0.15) is 0 Å². The smallest absolute Gasteiger partial charge is 0.321 e. The van der Waals surface area contributed by atoms with Gasteiger partial charge in [0.1, 0.15) is 0 Å². The first-order chi connectivity index (χ1) is 14.0. The van der Waals surface area contributed by atoms with E-state index in [2.05, 4.69) is 21.2 Å². The number of para-hydroxylation sites is 1. The van der Waals surface area contributed by atoms with Crippen LogP contribution in [-0.2, 0) is 0 Å². The maximum atomic E-state index is 13.2. The minimum absolute atomic E-state index is 0.0676. The Hall–Kier alpha value is -1.99. The Morgan fingerprint density at radius 1 is 1.07 bits per heavy atom. The lowest BCUT2D eigenvalue weighted by molar-refractivity contribution is 0.0585. The van der Waals surface area contributed by atoms with Gasteiger partial charge < -0.3 is 15.1 Å². The number of urea groups is 1. The van der Waals surface area contributed by atoms with E-state index < -0.39 is 0 Å². The maximum Gasteiger partial charge on any atom is 0.321 e. The number of aryl methyl sites for hydroxylation is 1. The first kappa shape index (κ1) is 20.3. The average Bonchev–Trinajstić information content (AvgIpc) is 3.12. The predicted octanol–water partition coefficient (Wildman–Crippen LogP) is 4.97. The van der Waals surface area contributed by atoms with E-state index in [-0.39, 0.29) is 16.8 Å². The van der Waals surface area contributed by atoms with Gasteiger partial charge in [0.25, 0.3) is 5.91 Å². The molecule has 0 unspecified atom stereocenters.